The van der Waals surface area contributed by atoms with Crippen LogP contribution < -0.4 is 5.32 Å². The van der Waals surface area contributed by atoms with Crippen LogP contribution in [0.4, 0.5) is 5.95 Å². The molecule has 138 valence electrons. The minimum atomic E-state index is 0.580. The van der Waals surface area contributed by atoms with Gasteiger partial charge in [0.05, 0.1) is 17.5 Å². The van der Waals surface area contributed by atoms with E-state index in [9.17, 15) is 0 Å². The number of hydrogen-bond acceptors (Lipinski definition) is 7. The largest absolute Gasteiger partial charge is 0.463 e. The van der Waals surface area contributed by atoms with Crippen LogP contribution in [0.1, 0.15) is 26.0 Å². The molecule has 0 saturated heterocycles. The molecule has 0 unspecified atom stereocenters. The van der Waals surface area contributed by atoms with Gasteiger partial charge in [-0.05, 0) is 45.1 Å². The summed E-state index contributed by atoms with van der Waals surface area (Å²) in [6.07, 6.45) is 4.41. The van der Waals surface area contributed by atoms with Crippen molar-refractivity contribution in [1.29, 1.82) is 0 Å². The highest BCUT2D eigenvalue weighted by Gasteiger charge is 2.17. The van der Waals surface area contributed by atoms with Crippen molar-refractivity contribution in [2.24, 2.45) is 0 Å². The van der Waals surface area contributed by atoms with E-state index in [1.54, 1.807) is 12.5 Å². The van der Waals surface area contributed by atoms with E-state index in [1.807, 2.05) is 25.1 Å². The number of furan rings is 1. The van der Waals surface area contributed by atoms with Gasteiger partial charge in [-0.1, -0.05) is 19.0 Å². The average molecular weight is 355 g/mol. The molecule has 0 fully saturated rings. The van der Waals surface area contributed by atoms with Crippen LogP contribution in [0.5, 0.6) is 0 Å². The molecule has 0 saturated carbocycles. The third-order valence-corrected chi connectivity index (χ3v) is 4.27. The molecule has 3 aromatic rings. The summed E-state index contributed by atoms with van der Waals surface area (Å²) in [4.78, 5) is 11.5. The van der Waals surface area contributed by atoms with Gasteiger partial charge in [-0.25, -0.2) is 9.97 Å². The predicted octanol–water partition coefficient (Wildman–Crippen LogP) is 3.84. The third-order valence-electron chi connectivity index (χ3n) is 4.27. The quantitative estimate of drug-likeness (QED) is 0.584. The van der Waals surface area contributed by atoms with Crippen molar-refractivity contribution in [1.82, 2.24) is 20.0 Å². The fourth-order valence-electron chi connectivity index (χ4n) is 2.78. The summed E-state index contributed by atoms with van der Waals surface area (Å²) in [5.41, 5.74) is 2.26. The van der Waals surface area contributed by atoms with Crippen LogP contribution in [0.25, 0.3) is 22.8 Å². The molecule has 1 N–H and O–H groups in total. The zero-order valence-corrected chi connectivity index (χ0v) is 15.5. The van der Waals surface area contributed by atoms with Gasteiger partial charge in [-0.15, -0.1) is 0 Å². The standard InChI is InChI=1S/C19H25N5O2/c1-4-24(5-2)10-7-9-20-19-21-13-15(17-12-14(3)23-26-17)18(22-19)16-8-6-11-25-16/h6,8,11-13H,4-5,7,9-10H2,1-3H3,(H,20,21,22). The molecule has 7 nitrogen and oxygen atoms in total. The van der Waals surface area contributed by atoms with Crippen LogP contribution in [0.2, 0.25) is 0 Å². The summed E-state index contributed by atoms with van der Waals surface area (Å²) in [6, 6.07) is 5.57. The Balaban J connectivity index is 1.75. The Morgan fingerprint density at radius 3 is 2.69 bits per heavy atom. The summed E-state index contributed by atoms with van der Waals surface area (Å²) in [7, 11) is 0. The number of aryl methyl sites for hydroxylation is 1. The minimum Gasteiger partial charge on any atom is -0.463 e. The van der Waals surface area contributed by atoms with Crippen molar-refractivity contribution >= 4 is 5.95 Å². The van der Waals surface area contributed by atoms with Gasteiger partial charge in [-0.2, -0.15) is 0 Å². The summed E-state index contributed by atoms with van der Waals surface area (Å²) in [5.74, 6) is 1.88. The lowest BCUT2D eigenvalue weighted by Crippen LogP contribution is -2.25. The van der Waals surface area contributed by atoms with E-state index in [2.05, 4.69) is 39.2 Å². The minimum absolute atomic E-state index is 0.580. The first-order valence-electron chi connectivity index (χ1n) is 9.02. The fraction of sp³-hybridized carbons (Fsp3) is 0.421. The summed E-state index contributed by atoms with van der Waals surface area (Å²) in [5, 5.41) is 7.25. The maximum absolute atomic E-state index is 5.54. The van der Waals surface area contributed by atoms with Gasteiger partial charge in [0.15, 0.2) is 11.5 Å². The predicted molar refractivity (Wildman–Crippen MR) is 101 cm³/mol. The molecule has 0 bridgehead atoms. The Hall–Kier alpha value is -2.67. The first-order valence-corrected chi connectivity index (χ1v) is 9.02. The normalized spacial score (nSPS) is 11.2. The van der Waals surface area contributed by atoms with Crippen LogP contribution in [0.3, 0.4) is 0 Å². The zero-order chi connectivity index (χ0) is 18.4. The Morgan fingerprint density at radius 1 is 1.19 bits per heavy atom. The van der Waals surface area contributed by atoms with Gasteiger partial charge < -0.3 is 19.2 Å². The lowest BCUT2D eigenvalue weighted by atomic mass is 10.1. The molecule has 3 heterocycles. The van der Waals surface area contributed by atoms with Gasteiger partial charge in [0.1, 0.15) is 5.69 Å². The first-order chi connectivity index (χ1) is 12.7. The number of aromatic nitrogens is 3. The Kier molecular flexibility index (Phi) is 6.01. The van der Waals surface area contributed by atoms with E-state index in [1.165, 1.54) is 0 Å². The van der Waals surface area contributed by atoms with E-state index in [-0.39, 0.29) is 0 Å². The van der Waals surface area contributed by atoms with Crippen molar-refractivity contribution in [2.45, 2.75) is 27.2 Å². The number of anilines is 1. The van der Waals surface area contributed by atoms with Crippen molar-refractivity contribution in [3.8, 4) is 22.8 Å². The Labute approximate surface area is 153 Å². The van der Waals surface area contributed by atoms with E-state index >= 15 is 0 Å². The first kappa shape index (κ1) is 18.1. The number of rotatable bonds is 9. The van der Waals surface area contributed by atoms with Crippen molar-refractivity contribution in [3.63, 3.8) is 0 Å². The third kappa shape index (κ3) is 4.29. The smallest absolute Gasteiger partial charge is 0.223 e. The van der Waals surface area contributed by atoms with Crippen LogP contribution in [-0.4, -0.2) is 46.2 Å². The summed E-state index contributed by atoms with van der Waals surface area (Å²) >= 11 is 0. The van der Waals surface area contributed by atoms with Gasteiger partial charge in [0.25, 0.3) is 0 Å². The van der Waals surface area contributed by atoms with Gasteiger partial charge in [0, 0.05) is 18.8 Å². The Bertz CT molecular complexity index is 809. The number of nitrogens with one attached hydrogen (secondary N) is 1. The molecule has 0 spiro atoms. The zero-order valence-electron chi connectivity index (χ0n) is 15.5. The topological polar surface area (TPSA) is 80.2 Å². The van der Waals surface area contributed by atoms with E-state index < -0.39 is 0 Å². The molecule has 7 heteroatoms. The second-order valence-corrected chi connectivity index (χ2v) is 6.07. The number of hydrogen-bond donors (Lipinski definition) is 1. The summed E-state index contributed by atoms with van der Waals surface area (Å²) in [6.45, 7) is 10.3. The highest BCUT2D eigenvalue weighted by molar-refractivity contribution is 5.75. The van der Waals surface area contributed by atoms with Crippen LogP contribution >= 0.6 is 0 Å². The fourth-order valence-corrected chi connectivity index (χ4v) is 2.78. The van der Waals surface area contributed by atoms with Gasteiger partial charge in [0.2, 0.25) is 5.95 Å². The maximum atomic E-state index is 5.54. The molecule has 0 aliphatic heterocycles. The lowest BCUT2D eigenvalue weighted by Gasteiger charge is -2.17. The monoisotopic (exact) mass is 355 g/mol. The van der Waals surface area contributed by atoms with Gasteiger partial charge >= 0.3 is 0 Å². The molecule has 0 atom stereocenters. The van der Waals surface area contributed by atoms with Crippen LogP contribution in [0.15, 0.2) is 39.6 Å². The van der Waals surface area contributed by atoms with Crippen molar-refractivity contribution in [3.05, 3.63) is 36.4 Å². The maximum Gasteiger partial charge on any atom is 0.223 e. The second kappa shape index (κ2) is 8.62. The molecule has 0 amide bonds. The molecule has 26 heavy (non-hydrogen) atoms. The average Bonchev–Trinajstić information content (AvgIpc) is 3.33. The molecular formula is C19H25N5O2. The molecule has 3 rings (SSSR count). The van der Waals surface area contributed by atoms with E-state index in [0.717, 1.165) is 43.9 Å². The Morgan fingerprint density at radius 2 is 2.04 bits per heavy atom. The molecule has 3 aromatic heterocycles. The molecule has 0 aliphatic rings. The van der Waals surface area contributed by atoms with Crippen LogP contribution in [0, 0.1) is 6.92 Å². The lowest BCUT2D eigenvalue weighted by molar-refractivity contribution is 0.303. The van der Waals surface area contributed by atoms with Gasteiger partial charge in [-0.3, -0.25) is 0 Å². The molecular weight excluding hydrogens is 330 g/mol. The molecule has 0 aliphatic carbocycles. The van der Waals surface area contributed by atoms with Crippen molar-refractivity contribution in [2.75, 3.05) is 31.5 Å². The van der Waals surface area contributed by atoms with E-state index in [0.29, 0.717) is 23.2 Å². The van der Waals surface area contributed by atoms with Crippen molar-refractivity contribution < 1.29 is 8.94 Å². The SMILES string of the molecule is CCN(CC)CCCNc1ncc(-c2cc(C)no2)c(-c2ccco2)n1. The van der Waals surface area contributed by atoms with E-state index in [4.69, 9.17) is 8.94 Å². The van der Waals surface area contributed by atoms with Crippen LogP contribution in [-0.2, 0) is 0 Å². The highest BCUT2D eigenvalue weighted by Crippen LogP contribution is 2.31. The second-order valence-electron chi connectivity index (χ2n) is 6.07. The highest BCUT2D eigenvalue weighted by atomic mass is 16.5. The summed E-state index contributed by atoms with van der Waals surface area (Å²) < 4.78 is 10.9. The molecule has 0 aromatic carbocycles. The molecule has 0 radical (unpaired) electrons. The number of nitrogens with zero attached hydrogens (tertiary/aromatic N) is 4.